The van der Waals surface area contributed by atoms with E-state index in [1.54, 1.807) is 6.26 Å². The summed E-state index contributed by atoms with van der Waals surface area (Å²) in [5.74, 6) is 2.79. The lowest BCUT2D eigenvalue weighted by molar-refractivity contribution is 0.271. The number of nitrogens with one attached hydrogen (secondary N) is 1. The van der Waals surface area contributed by atoms with E-state index in [-0.39, 0.29) is 0 Å². The zero-order valence-corrected chi connectivity index (χ0v) is 11.2. The van der Waals surface area contributed by atoms with Gasteiger partial charge in [0.15, 0.2) is 0 Å². The molecule has 96 valence electrons. The summed E-state index contributed by atoms with van der Waals surface area (Å²) in [4.78, 5) is 2.52. The van der Waals surface area contributed by atoms with Crippen LogP contribution in [0.1, 0.15) is 31.6 Å². The van der Waals surface area contributed by atoms with Crippen molar-refractivity contribution < 1.29 is 4.42 Å². The van der Waals surface area contributed by atoms with Crippen LogP contribution >= 0.6 is 0 Å². The molecular weight excluding hydrogens is 212 g/mol. The molecule has 1 fully saturated rings. The highest BCUT2D eigenvalue weighted by Gasteiger charge is 2.25. The molecule has 0 radical (unpaired) electrons. The first kappa shape index (κ1) is 12.7. The van der Waals surface area contributed by atoms with Crippen LogP contribution in [-0.4, -0.2) is 25.0 Å². The van der Waals surface area contributed by atoms with Gasteiger partial charge in [-0.2, -0.15) is 0 Å². The molecule has 17 heavy (non-hydrogen) atoms. The minimum absolute atomic E-state index is 0.799. The number of rotatable bonds is 5. The third-order valence-corrected chi connectivity index (χ3v) is 3.82. The highest BCUT2D eigenvalue weighted by Crippen LogP contribution is 2.25. The van der Waals surface area contributed by atoms with Crippen molar-refractivity contribution in [2.45, 2.75) is 33.4 Å². The Hall–Kier alpha value is -0.800. The quantitative estimate of drug-likeness (QED) is 0.851. The van der Waals surface area contributed by atoms with Crippen LogP contribution in [0.15, 0.2) is 16.7 Å². The molecule has 1 saturated heterocycles. The third-order valence-electron chi connectivity index (χ3n) is 3.82. The van der Waals surface area contributed by atoms with Gasteiger partial charge in [-0.3, -0.25) is 4.90 Å². The van der Waals surface area contributed by atoms with Crippen LogP contribution in [0, 0.1) is 11.8 Å². The normalized spacial score (nSPS) is 21.5. The van der Waals surface area contributed by atoms with Crippen LogP contribution in [0.2, 0.25) is 0 Å². The minimum atomic E-state index is 0.799. The molecule has 1 atom stereocenters. The lowest BCUT2D eigenvalue weighted by Gasteiger charge is -2.17. The summed E-state index contributed by atoms with van der Waals surface area (Å²) in [6, 6.07) is 2.07. The van der Waals surface area contributed by atoms with Gasteiger partial charge in [-0.1, -0.05) is 13.8 Å². The molecule has 1 N–H and O–H groups in total. The molecule has 0 bridgehead atoms. The third kappa shape index (κ3) is 3.11. The summed E-state index contributed by atoms with van der Waals surface area (Å²) in [5, 5.41) is 3.18. The second-order valence-electron chi connectivity index (χ2n) is 5.43. The molecule has 3 nitrogen and oxygen atoms in total. The fraction of sp³-hybridized carbons (Fsp3) is 0.714. The largest absolute Gasteiger partial charge is 0.468 e. The Morgan fingerprint density at radius 2 is 2.35 bits per heavy atom. The number of hydrogen-bond donors (Lipinski definition) is 1. The van der Waals surface area contributed by atoms with Crippen molar-refractivity contribution in [1.82, 2.24) is 10.2 Å². The van der Waals surface area contributed by atoms with Gasteiger partial charge in [0, 0.05) is 18.7 Å². The highest BCUT2D eigenvalue weighted by atomic mass is 16.3. The van der Waals surface area contributed by atoms with Crippen molar-refractivity contribution in [2.24, 2.45) is 11.8 Å². The topological polar surface area (TPSA) is 28.4 Å². The lowest BCUT2D eigenvalue weighted by Crippen LogP contribution is -2.22. The number of hydrogen-bond acceptors (Lipinski definition) is 3. The van der Waals surface area contributed by atoms with Gasteiger partial charge in [-0.15, -0.1) is 0 Å². The molecule has 1 unspecified atom stereocenters. The van der Waals surface area contributed by atoms with Crippen LogP contribution in [0.4, 0.5) is 0 Å². The van der Waals surface area contributed by atoms with Gasteiger partial charge in [0.2, 0.25) is 0 Å². The van der Waals surface area contributed by atoms with E-state index in [0.29, 0.717) is 0 Å². The molecule has 1 aromatic rings. The average Bonchev–Trinajstić information content (AvgIpc) is 2.90. The standard InChI is InChI=1S/C14H24N2O/c1-11(2)13-4-6-16(9-13)10-14-12(8-15-3)5-7-17-14/h5,7,11,13,15H,4,6,8-10H2,1-3H3. The van der Waals surface area contributed by atoms with Gasteiger partial charge in [-0.05, 0) is 37.9 Å². The Kier molecular flexibility index (Phi) is 4.24. The Morgan fingerprint density at radius 3 is 3.00 bits per heavy atom. The lowest BCUT2D eigenvalue weighted by atomic mass is 9.95. The van der Waals surface area contributed by atoms with Crippen molar-refractivity contribution in [3.8, 4) is 0 Å². The van der Waals surface area contributed by atoms with Crippen molar-refractivity contribution >= 4 is 0 Å². The van der Waals surface area contributed by atoms with E-state index in [9.17, 15) is 0 Å². The summed E-state index contributed by atoms with van der Waals surface area (Å²) in [7, 11) is 1.97. The summed E-state index contributed by atoms with van der Waals surface area (Å²) >= 11 is 0. The van der Waals surface area contributed by atoms with Gasteiger partial charge in [0.05, 0.1) is 12.8 Å². The fourth-order valence-corrected chi connectivity index (χ4v) is 2.61. The van der Waals surface area contributed by atoms with Gasteiger partial charge in [-0.25, -0.2) is 0 Å². The summed E-state index contributed by atoms with van der Waals surface area (Å²) in [6.07, 6.45) is 3.14. The predicted molar refractivity (Wildman–Crippen MR) is 69.7 cm³/mol. The molecule has 1 aromatic heterocycles. The maximum Gasteiger partial charge on any atom is 0.122 e. The molecule has 0 spiro atoms. The van der Waals surface area contributed by atoms with E-state index in [1.807, 2.05) is 7.05 Å². The van der Waals surface area contributed by atoms with Gasteiger partial charge >= 0.3 is 0 Å². The first-order chi connectivity index (χ1) is 8.20. The molecule has 1 aliphatic rings. The van der Waals surface area contributed by atoms with E-state index in [4.69, 9.17) is 4.42 Å². The predicted octanol–water partition coefficient (Wildman–Crippen LogP) is 2.48. The Balaban J connectivity index is 1.91. The first-order valence-corrected chi connectivity index (χ1v) is 6.63. The van der Waals surface area contributed by atoms with E-state index >= 15 is 0 Å². The van der Waals surface area contributed by atoms with Crippen molar-refractivity contribution in [3.05, 3.63) is 23.7 Å². The van der Waals surface area contributed by atoms with Crippen LogP contribution in [-0.2, 0) is 13.1 Å². The molecule has 3 heteroatoms. The van der Waals surface area contributed by atoms with Crippen LogP contribution in [0.25, 0.3) is 0 Å². The molecule has 0 aromatic carbocycles. The molecule has 0 saturated carbocycles. The van der Waals surface area contributed by atoms with E-state index in [0.717, 1.165) is 30.7 Å². The zero-order chi connectivity index (χ0) is 12.3. The number of likely N-dealkylation sites (tertiary alicyclic amines) is 1. The Bertz CT molecular complexity index is 346. The van der Waals surface area contributed by atoms with Crippen molar-refractivity contribution in [3.63, 3.8) is 0 Å². The molecule has 1 aliphatic heterocycles. The van der Waals surface area contributed by atoms with E-state index in [2.05, 4.69) is 30.1 Å². The van der Waals surface area contributed by atoms with Crippen LogP contribution in [0.3, 0.4) is 0 Å². The smallest absolute Gasteiger partial charge is 0.122 e. The number of nitrogens with zero attached hydrogens (tertiary/aromatic N) is 1. The first-order valence-electron chi connectivity index (χ1n) is 6.63. The SMILES string of the molecule is CNCc1ccoc1CN1CCC(C(C)C)C1. The summed E-state index contributed by atoms with van der Waals surface area (Å²) in [6.45, 7) is 8.95. The summed E-state index contributed by atoms with van der Waals surface area (Å²) < 4.78 is 5.59. The molecule has 0 amide bonds. The van der Waals surface area contributed by atoms with Crippen molar-refractivity contribution in [2.75, 3.05) is 20.1 Å². The highest BCUT2D eigenvalue weighted by molar-refractivity contribution is 5.16. The maximum absolute atomic E-state index is 5.59. The fourth-order valence-electron chi connectivity index (χ4n) is 2.61. The monoisotopic (exact) mass is 236 g/mol. The van der Waals surface area contributed by atoms with Gasteiger partial charge in [0.25, 0.3) is 0 Å². The van der Waals surface area contributed by atoms with Crippen LogP contribution < -0.4 is 5.32 Å². The zero-order valence-electron chi connectivity index (χ0n) is 11.2. The minimum Gasteiger partial charge on any atom is -0.468 e. The molecule has 2 heterocycles. The van der Waals surface area contributed by atoms with E-state index in [1.165, 1.54) is 25.1 Å². The van der Waals surface area contributed by atoms with Crippen LogP contribution in [0.5, 0.6) is 0 Å². The number of furan rings is 1. The maximum atomic E-state index is 5.59. The van der Waals surface area contributed by atoms with Crippen molar-refractivity contribution in [1.29, 1.82) is 0 Å². The van der Waals surface area contributed by atoms with E-state index < -0.39 is 0 Å². The molecular formula is C14H24N2O. The Labute approximate surface area is 104 Å². The van der Waals surface area contributed by atoms with Gasteiger partial charge in [0.1, 0.15) is 5.76 Å². The second-order valence-corrected chi connectivity index (χ2v) is 5.43. The Morgan fingerprint density at radius 1 is 1.53 bits per heavy atom. The average molecular weight is 236 g/mol. The molecule has 0 aliphatic carbocycles. The molecule has 2 rings (SSSR count). The second kappa shape index (κ2) is 5.69. The summed E-state index contributed by atoms with van der Waals surface area (Å²) in [5.41, 5.74) is 1.29. The van der Waals surface area contributed by atoms with Gasteiger partial charge < -0.3 is 9.73 Å².